The molecule has 1 atom stereocenters. The number of benzene rings is 1. The molecular weight excluding hydrogens is 328 g/mol. The summed E-state index contributed by atoms with van der Waals surface area (Å²) in [4.78, 5) is 12.5. The number of likely N-dealkylation sites (N-methyl/N-ethyl adjacent to an activating group) is 1. The molecule has 0 saturated heterocycles. The van der Waals surface area contributed by atoms with E-state index >= 15 is 0 Å². The summed E-state index contributed by atoms with van der Waals surface area (Å²) in [6.45, 7) is 4.83. The molecular formula is C17H25ClN4O2. The van der Waals surface area contributed by atoms with Crippen LogP contribution in [0.3, 0.4) is 0 Å². The molecule has 0 fully saturated rings. The lowest BCUT2D eigenvalue weighted by atomic mass is 10.1. The Morgan fingerprint density at radius 1 is 1.38 bits per heavy atom. The van der Waals surface area contributed by atoms with Crippen LogP contribution in [0.15, 0.2) is 36.7 Å². The summed E-state index contributed by atoms with van der Waals surface area (Å²) in [5, 5.41) is 10.0. The molecule has 1 amide bonds. The molecule has 7 heteroatoms. The van der Waals surface area contributed by atoms with Gasteiger partial charge in [0.25, 0.3) is 0 Å². The summed E-state index contributed by atoms with van der Waals surface area (Å²) in [5.41, 5.74) is 1.53. The van der Waals surface area contributed by atoms with Crippen molar-refractivity contribution < 1.29 is 9.53 Å². The average molecular weight is 353 g/mol. The van der Waals surface area contributed by atoms with Gasteiger partial charge in [0.2, 0.25) is 5.91 Å². The number of halogens is 1. The molecule has 0 saturated carbocycles. The first-order valence-electron chi connectivity index (χ1n) is 7.69. The number of rotatable bonds is 7. The van der Waals surface area contributed by atoms with Crippen molar-refractivity contribution in [3.63, 3.8) is 0 Å². The second-order valence-electron chi connectivity index (χ2n) is 5.89. The van der Waals surface area contributed by atoms with Crippen LogP contribution in [-0.2, 0) is 11.8 Å². The maximum Gasteiger partial charge on any atom is 0.246 e. The van der Waals surface area contributed by atoms with Crippen molar-refractivity contribution in [2.45, 2.75) is 19.9 Å². The van der Waals surface area contributed by atoms with Crippen LogP contribution < -0.4 is 15.4 Å². The van der Waals surface area contributed by atoms with Crippen LogP contribution in [0.1, 0.15) is 25.5 Å². The Bertz CT molecular complexity index is 658. The fourth-order valence-electron chi connectivity index (χ4n) is 2.18. The number of hydrogen-bond acceptors (Lipinski definition) is 4. The van der Waals surface area contributed by atoms with E-state index in [0.29, 0.717) is 18.2 Å². The number of anilines is 1. The second kappa shape index (κ2) is 9.30. The lowest BCUT2D eigenvalue weighted by molar-refractivity contribution is -0.118. The summed E-state index contributed by atoms with van der Waals surface area (Å²) in [6, 6.07) is 6.97. The molecule has 1 unspecified atom stereocenters. The van der Waals surface area contributed by atoms with Crippen LogP contribution in [0.5, 0.6) is 5.75 Å². The third-order valence-corrected chi connectivity index (χ3v) is 3.29. The van der Waals surface area contributed by atoms with Crippen LogP contribution in [-0.4, -0.2) is 29.3 Å². The molecule has 0 aliphatic heterocycles. The van der Waals surface area contributed by atoms with Gasteiger partial charge in [-0.2, -0.15) is 5.10 Å². The van der Waals surface area contributed by atoms with E-state index in [4.69, 9.17) is 4.74 Å². The van der Waals surface area contributed by atoms with E-state index in [1.165, 1.54) is 0 Å². The number of amides is 1. The highest BCUT2D eigenvalue weighted by atomic mass is 35.5. The van der Waals surface area contributed by atoms with Crippen LogP contribution in [0.25, 0.3) is 0 Å². The van der Waals surface area contributed by atoms with Crippen molar-refractivity contribution in [3.05, 3.63) is 42.2 Å². The van der Waals surface area contributed by atoms with E-state index in [0.717, 1.165) is 11.3 Å². The molecule has 0 bridgehead atoms. The van der Waals surface area contributed by atoms with Gasteiger partial charge >= 0.3 is 0 Å². The molecule has 2 N–H and O–H groups in total. The van der Waals surface area contributed by atoms with Crippen molar-refractivity contribution in [1.29, 1.82) is 0 Å². The zero-order valence-corrected chi connectivity index (χ0v) is 15.3. The molecule has 0 spiro atoms. The minimum atomic E-state index is -0.455. The topological polar surface area (TPSA) is 68.2 Å². The number of aromatic nitrogens is 2. The SMILES string of the molecule is CNC(C(=O)Nc1cccc(OCC(C)C)c1)c1cnn(C)c1.Cl. The fraction of sp³-hybridized carbons (Fsp3) is 0.412. The normalized spacial score (nSPS) is 11.7. The molecule has 132 valence electrons. The molecule has 1 heterocycles. The highest BCUT2D eigenvalue weighted by Crippen LogP contribution is 2.20. The molecule has 24 heavy (non-hydrogen) atoms. The number of carbonyl (C=O) groups is 1. The summed E-state index contributed by atoms with van der Waals surface area (Å²) in [7, 11) is 3.57. The van der Waals surface area contributed by atoms with Crippen LogP contribution in [0, 0.1) is 5.92 Å². The smallest absolute Gasteiger partial charge is 0.246 e. The predicted molar refractivity (Wildman–Crippen MR) is 97.7 cm³/mol. The van der Waals surface area contributed by atoms with Crippen molar-refractivity contribution in [2.24, 2.45) is 13.0 Å². The monoisotopic (exact) mass is 352 g/mol. The van der Waals surface area contributed by atoms with Gasteiger partial charge in [0.15, 0.2) is 0 Å². The lowest BCUT2D eigenvalue weighted by Crippen LogP contribution is -2.30. The van der Waals surface area contributed by atoms with Crippen molar-refractivity contribution >= 4 is 24.0 Å². The number of carbonyl (C=O) groups excluding carboxylic acids is 1. The van der Waals surface area contributed by atoms with E-state index < -0.39 is 6.04 Å². The van der Waals surface area contributed by atoms with E-state index in [-0.39, 0.29) is 18.3 Å². The van der Waals surface area contributed by atoms with Crippen LogP contribution >= 0.6 is 12.4 Å². The highest BCUT2D eigenvalue weighted by molar-refractivity contribution is 5.95. The maximum absolute atomic E-state index is 12.5. The molecule has 1 aromatic heterocycles. The summed E-state index contributed by atoms with van der Waals surface area (Å²) >= 11 is 0. The van der Waals surface area contributed by atoms with Gasteiger partial charge in [-0.25, -0.2) is 0 Å². The van der Waals surface area contributed by atoms with Gasteiger partial charge in [0.1, 0.15) is 11.8 Å². The van der Waals surface area contributed by atoms with Crippen LogP contribution in [0.2, 0.25) is 0 Å². The predicted octanol–water partition coefficient (Wildman–Crippen LogP) is 2.78. The van der Waals surface area contributed by atoms with E-state index in [9.17, 15) is 4.79 Å². The third-order valence-electron chi connectivity index (χ3n) is 3.29. The molecule has 2 aromatic rings. The minimum absolute atomic E-state index is 0. The van der Waals surface area contributed by atoms with Gasteiger partial charge in [-0.05, 0) is 25.1 Å². The van der Waals surface area contributed by atoms with Gasteiger partial charge in [0.05, 0.1) is 12.8 Å². The van der Waals surface area contributed by atoms with Gasteiger partial charge in [-0.3, -0.25) is 9.48 Å². The number of aryl methyl sites for hydroxylation is 1. The fourth-order valence-corrected chi connectivity index (χ4v) is 2.18. The van der Waals surface area contributed by atoms with Gasteiger partial charge < -0.3 is 15.4 Å². The number of ether oxygens (including phenoxy) is 1. The quantitative estimate of drug-likeness (QED) is 0.804. The molecule has 0 aliphatic carbocycles. The van der Waals surface area contributed by atoms with Crippen molar-refractivity contribution in [1.82, 2.24) is 15.1 Å². The van der Waals surface area contributed by atoms with Gasteiger partial charge in [-0.15, -0.1) is 12.4 Å². The summed E-state index contributed by atoms with van der Waals surface area (Å²) < 4.78 is 7.36. The maximum atomic E-state index is 12.5. The first-order valence-corrected chi connectivity index (χ1v) is 7.69. The lowest BCUT2D eigenvalue weighted by Gasteiger charge is -2.15. The molecule has 0 radical (unpaired) electrons. The molecule has 1 aromatic carbocycles. The zero-order valence-electron chi connectivity index (χ0n) is 14.4. The number of nitrogens with one attached hydrogen (secondary N) is 2. The molecule has 2 rings (SSSR count). The Kier molecular flexibility index (Phi) is 7.74. The first-order chi connectivity index (χ1) is 11.0. The average Bonchev–Trinajstić information content (AvgIpc) is 2.92. The van der Waals surface area contributed by atoms with Gasteiger partial charge in [0, 0.05) is 30.6 Å². The number of hydrogen-bond donors (Lipinski definition) is 2. The summed E-state index contributed by atoms with van der Waals surface area (Å²) in [5.74, 6) is 1.06. The minimum Gasteiger partial charge on any atom is -0.493 e. The Hall–Kier alpha value is -2.05. The Morgan fingerprint density at radius 2 is 2.12 bits per heavy atom. The van der Waals surface area contributed by atoms with Crippen molar-refractivity contribution in [3.8, 4) is 5.75 Å². The molecule has 6 nitrogen and oxygen atoms in total. The van der Waals surface area contributed by atoms with Crippen LogP contribution in [0.4, 0.5) is 5.69 Å². The van der Waals surface area contributed by atoms with E-state index in [2.05, 4.69) is 29.6 Å². The largest absolute Gasteiger partial charge is 0.493 e. The molecule has 0 aliphatic rings. The van der Waals surface area contributed by atoms with E-state index in [1.807, 2.05) is 37.5 Å². The Balaban J connectivity index is 0.00000288. The summed E-state index contributed by atoms with van der Waals surface area (Å²) in [6.07, 6.45) is 3.51. The van der Waals surface area contributed by atoms with E-state index in [1.54, 1.807) is 17.9 Å². The number of nitrogens with zero attached hydrogens (tertiary/aromatic N) is 2. The second-order valence-corrected chi connectivity index (χ2v) is 5.89. The Labute approximate surface area is 149 Å². The first kappa shape index (κ1) is 20.0. The van der Waals surface area contributed by atoms with Gasteiger partial charge in [-0.1, -0.05) is 19.9 Å². The third kappa shape index (κ3) is 5.54. The zero-order chi connectivity index (χ0) is 16.8. The van der Waals surface area contributed by atoms with Crippen molar-refractivity contribution in [2.75, 3.05) is 19.0 Å². The highest BCUT2D eigenvalue weighted by Gasteiger charge is 2.20. The Morgan fingerprint density at radius 3 is 2.71 bits per heavy atom. The standard InChI is InChI=1S/C17H24N4O2.ClH/c1-12(2)11-23-15-7-5-6-14(8-15)20-17(22)16(18-3)13-9-19-21(4)10-13;/h5-10,12,16,18H,11H2,1-4H3,(H,20,22);1H.